The van der Waals surface area contributed by atoms with Gasteiger partial charge in [-0.15, -0.1) is 0 Å². The molecule has 2 amide bonds. The summed E-state index contributed by atoms with van der Waals surface area (Å²) in [4.78, 5) is 27.9. The van der Waals surface area contributed by atoms with E-state index < -0.39 is 5.60 Å². The molecule has 0 N–H and O–H groups in total. The maximum Gasteiger partial charge on any atom is 0.410 e. The first kappa shape index (κ1) is 15.6. The Morgan fingerprint density at radius 2 is 2.13 bits per heavy atom. The molecule has 1 aromatic rings. The summed E-state index contributed by atoms with van der Waals surface area (Å²) in [5.41, 5.74) is 0.996. The van der Waals surface area contributed by atoms with Crippen molar-refractivity contribution in [2.45, 2.75) is 25.4 Å². The molecule has 6 heteroatoms. The van der Waals surface area contributed by atoms with Crippen LogP contribution in [0.5, 0.6) is 5.75 Å². The van der Waals surface area contributed by atoms with Gasteiger partial charge >= 0.3 is 6.09 Å². The van der Waals surface area contributed by atoms with Crippen molar-refractivity contribution in [2.24, 2.45) is 0 Å². The number of nitrogens with zero attached hydrogens (tertiary/aromatic N) is 2. The summed E-state index contributed by atoms with van der Waals surface area (Å²) in [5.74, 6) is 0.718. The average Bonchev–Trinajstić information content (AvgIpc) is 2.80. The van der Waals surface area contributed by atoms with E-state index in [2.05, 4.69) is 0 Å². The number of likely N-dealkylation sites (tertiary alicyclic amines) is 1. The molecule has 1 aromatic carbocycles. The Kier molecular flexibility index (Phi) is 3.92. The average molecular weight is 318 g/mol. The fourth-order valence-corrected chi connectivity index (χ4v) is 3.45. The number of amides is 2. The SMILES string of the molecule is COc1ccc(C(=O)N2CCC[C@@]3(CN(C)C(=O)O3)C2)c(C)c1. The largest absolute Gasteiger partial charge is 0.497 e. The predicted molar refractivity (Wildman–Crippen MR) is 84.7 cm³/mol. The van der Waals surface area contributed by atoms with Gasteiger partial charge in [-0.25, -0.2) is 4.79 Å². The monoisotopic (exact) mass is 318 g/mol. The zero-order chi connectivity index (χ0) is 16.6. The summed E-state index contributed by atoms with van der Waals surface area (Å²) >= 11 is 0. The van der Waals surface area contributed by atoms with Crippen molar-refractivity contribution in [1.82, 2.24) is 9.80 Å². The van der Waals surface area contributed by atoms with E-state index in [9.17, 15) is 9.59 Å². The molecule has 0 aromatic heterocycles. The van der Waals surface area contributed by atoms with Crippen LogP contribution in [0.15, 0.2) is 18.2 Å². The second-order valence-corrected chi connectivity index (χ2v) is 6.42. The predicted octanol–water partition coefficient (Wildman–Crippen LogP) is 2.06. The number of methoxy groups -OCH3 is 1. The van der Waals surface area contributed by atoms with Crippen LogP contribution in [0.25, 0.3) is 0 Å². The van der Waals surface area contributed by atoms with E-state index in [4.69, 9.17) is 9.47 Å². The lowest BCUT2D eigenvalue weighted by Crippen LogP contribution is -2.52. The molecule has 0 bridgehead atoms. The minimum atomic E-state index is -0.555. The Balaban J connectivity index is 1.79. The van der Waals surface area contributed by atoms with Gasteiger partial charge in [0.05, 0.1) is 20.2 Å². The van der Waals surface area contributed by atoms with Crippen LogP contribution in [0.4, 0.5) is 4.79 Å². The molecule has 23 heavy (non-hydrogen) atoms. The highest BCUT2D eigenvalue weighted by molar-refractivity contribution is 5.96. The van der Waals surface area contributed by atoms with Crippen LogP contribution in [-0.2, 0) is 4.74 Å². The second-order valence-electron chi connectivity index (χ2n) is 6.42. The minimum Gasteiger partial charge on any atom is -0.497 e. The lowest BCUT2D eigenvalue weighted by Gasteiger charge is -2.38. The number of hydrogen-bond donors (Lipinski definition) is 0. The van der Waals surface area contributed by atoms with Gasteiger partial charge in [-0.1, -0.05) is 0 Å². The highest BCUT2D eigenvalue weighted by Gasteiger charge is 2.47. The highest BCUT2D eigenvalue weighted by atomic mass is 16.6. The number of rotatable bonds is 2. The zero-order valence-corrected chi connectivity index (χ0v) is 13.8. The van der Waals surface area contributed by atoms with Crippen LogP contribution in [-0.4, -0.2) is 61.2 Å². The highest BCUT2D eigenvalue weighted by Crippen LogP contribution is 2.32. The molecule has 2 aliphatic rings. The molecule has 0 unspecified atom stereocenters. The van der Waals surface area contributed by atoms with Crippen molar-refractivity contribution >= 4 is 12.0 Å². The molecule has 0 aliphatic carbocycles. The molecule has 124 valence electrons. The van der Waals surface area contributed by atoms with Crippen LogP contribution in [0, 0.1) is 6.92 Å². The third-order valence-corrected chi connectivity index (χ3v) is 4.63. The van der Waals surface area contributed by atoms with Crippen molar-refractivity contribution in [3.63, 3.8) is 0 Å². The molecule has 3 rings (SSSR count). The van der Waals surface area contributed by atoms with Crippen LogP contribution in [0.3, 0.4) is 0 Å². The molecule has 6 nitrogen and oxygen atoms in total. The molecule has 2 fully saturated rings. The molecule has 0 saturated carbocycles. The number of carbonyl (C=O) groups excluding carboxylic acids is 2. The van der Waals surface area contributed by atoms with Gasteiger partial charge in [-0.05, 0) is 43.5 Å². The smallest absolute Gasteiger partial charge is 0.410 e. The molecule has 1 atom stereocenters. The Labute approximate surface area is 136 Å². The maximum atomic E-state index is 12.9. The first-order valence-corrected chi connectivity index (χ1v) is 7.82. The normalized spacial score (nSPS) is 24.0. The van der Waals surface area contributed by atoms with Crippen molar-refractivity contribution in [3.8, 4) is 5.75 Å². The number of aryl methyl sites for hydroxylation is 1. The Morgan fingerprint density at radius 3 is 2.74 bits per heavy atom. The third kappa shape index (κ3) is 2.85. The van der Waals surface area contributed by atoms with Gasteiger partial charge in [0.1, 0.15) is 11.4 Å². The third-order valence-electron chi connectivity index (χ3n) is 4.63. The lowest BCUT2D eigenvalue weighted by molar-refractivity contribution is -0.00524. The molecule has 2 heterocycles. The van der Waals surface area contributed by atoms with Crippen molar-refractivity contribution in [3.05, 3.63) is 29.3 Å². The number of hydrogen-bond acceptors (Lipinski definition) is 4. The summed E-state index contributed by atoms with van der Waals surface area (Å²) in [6, 6.07) is 5.45. The molecular weight excluding hydrogens is 296 g/mol. The zero-order valence-electron chi connectivity index (χ0n) is 13.8. The first-order valence-electron chi connectivity index (χ1n) is 7.82. The molecule has 2 saturated heterocycles. The van der Waals surface area contributed by atoms with Crippen LogP contribution in [0.1, 0.15) is 28.8 Å². The van der Waals surface area contributed by atoms with E-state index in [0.717, 1.165) is 24.2 Å². The van der Waals surface area contributed by atoms with E-state index >= 15 is 0 Å². The molecular formula is C17H22N2O4. The molecule has 1 spiro atoms. The standard InChI is InChI=1S/C17H22N2O4/c1-12-9-13(22-3)5-6-14(12)15(20)19-8-4-7-17(11-19)10-18(2)16(21)23-17/h5-6,9H,4,7-8,10-11H2,1-3H3/t17-/m1/s1. The fourth-order valence-electron chi connectivity index (χ4n) is 3.45. The van der Waals surface area contributed by atoms with Gasteiger partial charge in [-0.2, -0.15) is 0 Å². The number of piperidine rings is 1. The van der Waals surface area contributed by atoms with Gasteiger partial charge < -0.3 is 19.3 Å². The van der Waals surface area contributed by atoms with Gasteiger partial charge in [0.2, 0.25) is 0 Å². The maximum absolute atomic E-state index is 12.9. The fraction of sp³-hybridized carbons (Fsp3) is 0.529. The number of likely N-dealkylation sites (N-methyl/N-ethyl adjacent to an activating group) is 1. The van der Waals surface area contributed by atoms with Crippen molar-refractivity contribution in [1.29, 1.82) is 0 Å². The Morgan fingerprint density at radius 1 is 1.35 bits per heavy atom. The number of ether oxygens (including phenoxy) is 2. The lowest BCUT2D eigenvalue weighted by atomic mass is 9.92. The van der Waals surface area contributed by atoms with Gasteiger partial charge in [0.15, 0.2) is 0 Å². The topological polar surface area (TPSA) is 59.1 Å². The van der Waals surface area contributed by atoms with Crippen LogP contribution >= 0.6 is 0 Å². The quantitative estimate of drug-likeness (QED) is 0.837. The van der Waals surface area contributed by atoms with Gasteiger partial charge in [0, 0.05) is 19.2 Å². The molecule has 0 radical (unpaired) electrons. The summed E-state index contributed by atoms with van der Waals surface area (Å²) in [6.45, 7) is 3.58. The first-order chi connectivity index (χ1) is 10.9. The van der Waals surface area contributed by atoms with Crippen LogP contribution in [0.2, 0.25) is 0 Å². The Hall–Kier alpha value is -2.24. The molecule has 2 aliphatic heterocycles. The van der Waals surface area contributed by atoms with E-state index in [1.807, 2.05) is 13.0 Å². The van der Waals surface area contributed by atoms with E-state index in [1.54, 1.807) is 36.1 Å². The van der Waals surface area contributed by atoms with Crippen molar-refractivity contribution in [2.75, 3.05) is 33.8 Å². The van der Waals surface area contributed by atoms with Crippen LogP contribution < -0.4 is 4.74 Å². The Bertz CT molecular complexity index is 645. The summed E-state index contributed by atoms with van der Waals surface area (Å²) in [7, 11) is 3.33. The summed E-state index contributed by atoms with van der Waals surface area (Å²) < 4.78 is 10.7. The number of benzene rings is 1. The van der Waals surface area contributed by atoms with Crippen molar-refractivity contribution < 1.29 is 19.1 Å². The minimum absolute atomic E-state index is 0.0187. The second kappa shape index (κ2) is 5.76. The van der Waals surface area contributed by atoms with Gasteiger partial charge in [0.25, 0.3) is 5.91 Å². The van der Waals surface area contributed by atoms with E-state index in [0.29, 0.717) is 25.2 Å². The summed E-state index contributed by atoms with van der Waals surface area (Å²) in [6.07, 6.45) is 1.33. The van der Waals surface area contributed by atoms with E-state index in [1.165, 1.54) is 0 Å². The van der Waals surface area contributed by atoms with Gasteiger partial charge in [-0.3, -0.25) is 4.79 Å². The van der Waals surface area contributed by atoms with E-state index in [-0.39, 0.29) is 12.0 Å². The summed E-state index contributed by atoms with van der Waals surface area (Å²) in [5, 5.41) is 0. The number of carbonyl (C=O) groups is 2.